The molecule has 0 spiro atoms. The molecule has 0 radical (unpaired) electrons. The van der Waals surface area contributed by atoms with Crippen LogP contribution in [0.15, 0.2) is 24.3 Å². The van der Waals surface area contributed by atoms with Gasteiger partial charge in [0.1, 0.15) is 5.75 Å². The zero-order chi connectivity index (χ0) is 12.0. The molecule has 1 aromatic rings. The molecule has 0 amide bonds. The van der Waals surface area contributed by atoms with Crippen molar-refractivity contribution in [1.29, 1.82) is 0 Å². The van der Waals surface area contributed by atoms with Gasteiger partial charge in [-0.05, 0) is 30.7 Å². The van der Waals surface area contributed by atoms with E-state index in [4.69, 9.17) is 4.74 Å². The molecular formula is C12H16F2O2. The topological polar surface area (TPSA) is 18.5 Å². The lowest BCUT2D eigenvalue weighted by atomic mass is 10.2. The van der Waals surface area contributed by atoms with Gasteiger partial charge in [0.05, 0.1) is 12.2 Å². The summed E-state index contributed by atoms with van der Waals surface area (Å²) >= 11 is 0. The number of unbranched alkanes of at least 4 members (excludes halogenated alkanes) is 1. The summed E-state index contributed by atoms with van der Waals surface area (Å²) in [4.78, 5) is 0. The summed E-state index contributed by atoms with van der Waals surface area (Å²) in [6.45, 7) is 2.67. The summed E-state index contributed by atoms with van der Waals surface area (Å²) < 4.78 is 35.6. The molecule has 0 aliphatic heterocycles. The number of halogens is 2. The molecule has 0 unspecified atom stereocenters. The van der Waals surface area contributed by atoms with Gasteiger partial charge in [0, 0.05) is 7.11 Å². The van der Waals surface area contributed by atoms with E-state index in [1.165, 1.54) is 24.3 Å². The molecule has 4 heteroatoms. The van der Waals surface area contributed by atoms with Crippen molar-refractivity contribution in [2.75, 3.05) is 13.7 Å². The number of ether oxygens (including phenoxy) is 2. The van der Waals surface area contributed by atoms with E-state index in [9.17, 15) is 8.78 Å². The molecule has 2 nitrogen and oxygen atoms in total. The highest BCUT2D eigenvalue weighted by molar-refractivity contribution is 5.28. The summed E-state index contributed by atoms with van der Waals surface area (Å²) in [7, 11) is 0.978. The Balaban J connectivity index is 2.61. The van der Waals surface area contributed by atoms with Crippen molar-refractivity contribution >= 4 is 0 Å². The minimum atomic E-state index is -3.23. The number of hydrogen-bond donors (Lipinski definition) is 0. The Kier molecular flexibility index (Phi) is 4.68. The van der Waals surface area contributed by atoms with Crippen molar-refractivity contribution in [3.8, 4) is 5.75 Å². The van der Waals surface area contributed by atoms with Gasteiger partial charge in [-0.25, -0.2) is 0 Å². The largest absolute Gasteiger partial charge is 0.494 e. The predicted molar refractivity (Wildman–Crippen MR) is 57.7 cm³/mol. The summed E-state index contributed by atoms with van der Waals surface area (Å²) in [6, 6.07) is 5.67. The normalized spacial score (nSPS) is 11.5. The first-order valence-electron chi connectivity index (χ1n) is 5.26. The van der Waals surface area contributed by atoms with Crippen molar-refractivity contribution in [3.05, 3.63) is 29.8 Å². The van der Waals surface area contributed by atoms with Crippen LogP contribution in [-0.4, -0.2) is 13.7 Å². The quantitative estimate of drug-likeness (QED) is 0.696. The van der Waals surface area contributed by atoms with Crippen LogP contribution in [0.1, 0.15) is 25.3 Å². The molecule has 0 aromatic heterocycles. The highest BCUT2D eigenvalue weighted by Gasteiger charge is 2.30. The van der Waals surface area contributed by atoms with Crippen LogP contribution < -0.4 is 4.74 Å². The van der Waals surface area contributed by atoms with E-state index in [2.05, 4.69) is 11.7 Å². The maximum Gasteiger partial charge on any atom is 0.383 e. The minimum absolute atomic E-state index is 0.169. The average molecular weight is 230 g/mol. The number of benzene rings is 1. The molecule has 1 aromatic carbocycles. The van der Waals surface area contributed by atoms with Gasteiger partial charge in [-0.3, -0.25) is 0 Å². The SMILES string of the molecule is CCCCOc1ccc(C(F)(F)OC)cc1. The van der Waals surface area contributed by atoms with Gasteiger partial charge in [0.15, 0.2) is 0 Å². The number of methoxy groups -OCH3 is 1. The van der Waals surface area contributed by atoms with Crippen LogP contribution >= 0.6 is 0 Å². The zero-order valence-corrected chi connectivity index (χ0v) is 9.50. The molecule has 0 atom stereocenters. The Morgan fingerprint density at radius 2 is 1.81 bits per heavy atom. The fourth-order valence-corrected chi connectivity index (χ4v) is 1.20. The molecule has 90 valence electrons. The van der Waals surface area contributed by atoms with Crippen molar-refractivity contribution in [2.24, 2.45) is 0 Å². The lowest BCUT2D eigenvalue weighted by Crippen LogP contribution is -2.15. The van der Waals surface area contributed by atoms with Crippen molar-refractivity contribution < 1.29 is 18.3 Å². The third kappa shape index (κ3) is 3.45. The van der Waals surface area contributed by atoms with Gasteiger partial charge in [-0.1, -0.05) is 13.3 Å². The van der Waals surface area contributed by atoms with Gasteiger partial charge < -0.3 is 9.47 Å². The molecule has 0 saturated carbocycles. The average Bonchev–Trinajstić information content (AvgIpc) is 2.30. The van der Waals surface area contributed by atoms with E-state index in [1.54, 1.807) is 0 Å². The molecule has 0 aliphatic rings. The fourth-order valence-electron chi connectivity index (χ4n) is 1.20. The van der Waals surface area contributed by atoms with E-state index < -0.39 is 6.11 Å². The van der Waals surface area contributed by atoms with Crippen LogP contribution in [0.3, 0.4) is 0 Å². The Hall–Kier alpha value is -1.16. The summed E-state index contributed by atoms with van der Waals surface area (Å²) in [5.41, 5.74) is -0.169. The Labute approximate surface area is 94.2 Å². The van der Waals surface area contributed by atoms with Crippen molar-refractivity contribution in [2.45, 2.75) is 25.9 Å². The highest BCUT2D eigenvalue weighted by atomic mass is 19.3. The monoisotopic (exact) mass is 230 g/mol. The molecule has 0 aliphatic carbocycles. The highest BCUT2D eigenvalue weighted by Crippen LogP contribution is 2.29. The Bertz CT molecular complexity index is 309. The predicted octanol–water partition coefficient (Wildman–Crippen LogP) is 3.56. The van der Waals surface area contributed by atoms with Crippen LogP contribution in [0.4, 0.5) is 8.78 Å². The third-order valence-electron chi connectivity index (χ3n) is 2.21. The van der Waals surface area contributed by atoms with Gasteiger partial charge in [0.2, 0.25) is 0 Å². The second kappa shape index (κ2) is 5.80. The molecule has 1 rings (SSSR count). The fraction of sp³-hybridized carbons (Fsp3) is 0.500. The molecule has 0 saturated heterocycles. The number of rotatable bonds is 6. The van der Waals surface area contributed by atoms with E-state index in [-0.39, 0.29) is 5.56 Å². The minimum Gasteiger partial charge on any atom is -0.494 e. The van der Waals surface area contributed by atoms with E-state index in [0.29, 0.717) is 12.4 Å². The first-order chi connectivity index (χ1) is 7.60. The lowest BCUT2D eigenvalue weighted by molar-refractivity contribution is -0.231. The summed E-state index contributed by atoms with van der Waals surface area (Å²) in [5.74, 6) is 0.601. The maximum atomic E-state index is 13.1. The lowest BCUT2D eigenvalue weighted by Gasteiger charge is -2.14. The molecule has 16 heavy (non-hydrogen) atoms. The van der Waals surface area contributed by atoms with Gasteiger partial charge >= 0.3 is 6.11 Å². The second-order valence-corrected chi connectivity index (χ2v) is 3.45. The number of hydrogen-bond acceptors (Lipinski definition) is 2. The maximum absolute atomic E-state index is 13.1. The second-order valence-electron chi connectivity index (χ2n) is 3.45. The van der Waals surface area contributed by atoms with E-state index >= 15 is 0 Å². The third-order valence-corrected chi connectivity index (χ3v) is 2.21. The van der Waals surface area contributed by atoms with E-state index in [0.717, 1.165) is 20.0 Å². The van der Waals surface area contributed by atoms with Gasteiger partial charge in [-0.15, -0.1) is 0 Å². The first-order valence-corrected chi connectivity index (χ1v) is 5.26. The first kappa shape index (κ1) is 12.9. The van der Waals surface area contributed by atoms with Crippen LogP contribution in [0.2, 0.25) is 0 Å². The number of alkyl halides is 2. The van der Waals surface area contributed by atoms with Crippen LogP contribution in [0, 0.1) is 0 Å². The standard InChI is InChI=1S/C12H16F2O2/c1-3-4-9-16-11-7-5-10(6-8-11)12(13,14)15-2/h5-8H,3-4,9H2,1-2H3. The Morgan fingerprint density at radius 1 is 1.19 bits per heavy atom. The van der Waals surface area contributed by atoms with E-state index in [1.807, 2.05) is 0 Å². The molecule has 0 heterocycles. The van der Waals surface area contributed by atoms with Crippen LogP contribution in [0.5, 0.6) is 5.75 Å². The van der Waals surface area contributed by atoms with Gasteiger partial charge in [0.25, 0.3) is 0 Å². The molecular weight excluding hydrogens is 214 g/mol. The summed E-state index contributed by atoms with van der Waals surface area (Å²) in [5, 5.41) is 0. The Morgan fingerprint density at radius 3 is 2.31 bits per heavy atom. The van der Waals surface area contributed by atoms with Crippen LogP contribution in [0.25, 0.3) is 0 Å². The zero-order valence-electron chi connectivity index (χ0n) is 9.50. The summed E-state index contributed by atoms with van der Waals surface area (Å²) in [6.07, 6.45) is -1.24. The van der Waals surface area contributed by atoms with Crippen molar-refractivity contribution in [1.82, 2.24) is 0 Å². The van der Waals surface area contributed by atoms with Crippen molar-refractivity contribution in [3.63, 3.8) is 0 Å². The molecule has 0 fully saturated rings. The van der Waals surface area contributed by atoms with Gasteiger partial charge in [-0.2, -0.15) is 8.78 Å². The molecule has 0 N–H and O–H groups in total. The smallest absolute Gasteiger partial charge is 0.383 e. The van der Waals surface area contributed by atoms with Crippen LogP contribution in [-0.2, 0) is 10.8 Å². The molecule has 0 bridgehead atoms.